The Balaban J connectivity index is 1.86. The monoisotopic (exact) mass is 323 g/mol. The van der Waals surface area contributed by atoms with E-state index in [9.17, 15) is 0 Å². The Hall–Kier alpha value is -3.33. The highest BCUT2D eigenvalue weighted by Gasteiger charge is 2.12. The van der Waals surface area contributed by atoms with Gasteiger partial charge >= 0.3 is 0 Å². The summed E-state index contributed by atoms with van der Waals surface area (Å²) in [5, 5.41) is 0. The SMILES string of the molecule is Cc1ccccc1-c1cccnc1-c1cc(-c2ccccn2)ccn1. The number of rotatable bonds is 3. The molecule has 3 heterocycles. The van der Waals surface area contributed by atoms with Crippen LogP contribution in [0.5, 0.6) is 0 Å². The van der Waals surface area contributed by atoms with Crippen molar-refractivity contribution in [3.05, 3.63) is 90.9 Å². The Morgan fingerprint density at radius 1 is 0.600 bits per heavy atom. The molecule has 0 fully saturated rings. The van der Waals surface area contributed by atoms with Crippen molar-refractivity contribution in [1.29, 1.82) is 0 Å². The molecule has 0 amide bonds. The molecule has 0 spiro atoms. The standard InChI is InChI=1S/C22H17N3/c1-16-7-2-3-8-18(16)19-9-6-13-25-22(19)21-15-17(11-14-24-21)20-10-4-5-12-23-20/h2-15H,1H3. The third-order valence-electron chi connectivity index (χ3n) is 4.21. The van der Waals surface area contributed by atoms with Gasteiger partial charge in [-0.15, -0.1) is 0 Å². The predicted octanol–water partition coefficient (Wildman–Crippen LogP) is 5.18. The van der Waals surface area contributed by atoms with Gasteiger partial charge in [-0.1, -0.05) is 36.4 Å². The van der Waals surface area contributed by atoms with Crippen molar-refractivity contribution in [2.45, 2.75) is 6.92 Å². The van der Waals surface area contributed by atoms with Gasteiger partial charge in [0.15, 0.2) is 0 Å². The quantitative estimate of drug-likeness (QED) is 0.521. The van der Waals surface area contributed by atoms with E-state index in [1.54, 1.807) is 6.20 Å². The highest BCUT2D eigenvalue weighted by atomic mass is 14.8. The molecule has 3 heteroatoms. The van der Waals surface area contributed by atoms with E-state index >= 15 is 0 Å². The van der Waals surface area contributed by atoms with Gasteiger partial charge in [0.2, 0.25) is 0 Å². The fourth-order valence-electron chi connectivity index (χ4n) is 2.95. The van der Waals surface area contributed by atoms with Crippen LogP contribution in [0.4, 0.5) is 0 Å². The molecule has 0 aliphatic rings. The molecule has 0 aliphatic heterocycles. The molecule has 4 aromatic rings. The number of hydrogen-bond donors (Lipinski definition) is 0. The highest BCUT2D eigenvalue weighted by Crippen LogP contribution is 2.32. The Morgan fingerprint density at radius 3 is 2.20 bits per heavy atom. The van der Waals surface area contributed by atoms with Gasteiger partial charge in [-0.2, -0.15) is 0 Å². The molecule has 25 heavy (non-hydrogen) atoms. The van der Waals surface area contributed by atoms with Crippen molar-refractivity contribution in [3.8, 4) is 33.8 Å². The first kappa shape index (κ1) is 15.2. The molecule has 3 nitrogen and oxygen atoms in total. The van der Waals surface area contributed by atoms with Crippen LogP contribution in [0.15, 0.2) is 85.3 Å². The van der Waals surface area contributed by atoms with Crippen molar-refractivity contribution in [3.63, 3.8) is 0 Å². The van der Waals surface area contributed by atoms with E-state index < -0.39 is 0 Å². The van der Waals surface area contributed by atoms with Crippen LogP contribution in [0, 0.1) is 6.92 Å². The minimum Gasteiger partial charge on any atom is -0.256 e. The summed E-state index contributed by atoms with van der Waals surface area (Å²) < 4.78 is 0. The number of aromatic nitrogens is 3. The van der Waals surface area contributed by atoms with Gasteiger partial charge in [0.05, 0.1) is 17.1 Å². The zero-order valence-electron chi connectivity index (χ0n) is 13.9. The number of hydrogen-bond acceptors (Lipinski definition) is 3. The van der Waals surface area contributed by atoms with Gasteiger partial charge in [0, 0.05) is 29.7 Å². The van der Waals surface area contributed by atoms with Gasteiger partial charge in [0.25, 0.3) is 0 Å². The van der Waals surface area contributed by atoms with Crippen LogP contribution < -0.4 is 0 Å². The highest BCUT2D eigenvalue weighted by molar-refractivity contribution is 5.82. The second-order valence-corrected chi connectivity index (χ2v) is 5.86. The predicted molar refractivity (Wildman–Crippen MR) is 101 cm³/mol. The fraction of sp³-hybridized carbons (Fsp3) is 0.0455. The third kappa shape index (κ3) is 3.04. The van der Waals surface area contributed by atoms with Crippen molar-refractivity contribution >= 4 is 0 Å². The molecule has 0 aliphatic carbocycles. The van der Waals surface area contributed by atoms with E-state index in [2.05, 4.69) is 52.2 Å². The Morgan fingerprint density at radius 2 is 1.36 bits per heavy atom. The molecular weight excluding hydrogens is 306 g/mol. The van der Waals surface area contributed by atoms with Crippen molar-refractivity contribution < 1.29 is 0 Å². The maximum absolute atomic E-state index is 4.62. The summed E-state index contributed by atoms with van der Waals surface area (Å²) in [6.07, 6.45) is 5.43. The van der Waals surface area contributed by atoms with E-state index in [1.165, 1.54) is 11.1 Å². The number of aryl methyl sites for hydroxylation is 1. The molecule has 0 N–H and O–H groups in total. The van der Waals surface area contributed by atoms with Gasteiger partial charge in [-0.3, -0.25) is 15.0 Å². The normalized spacial score (nSPS) is 10.6. The summed E-state index contributed by atoms with van der Waals surface area (Å²) in [6.45, 7) is 2.11. The van der Waals surface area contributed by atoms with Crippen LogP contribution >= 0.6 is 0 Å². The zero-order valence-corrected chi connectivity index (χ0v) is 13.9. The smallest absolute Gasteiger partial charge is 0.0964 e. The minimum atomic E-state index is 0.849. The van der Waals surface area contributed by atoms with Crippen LogP contribution in [0.2, 0.25) is 0 Å². The summed E-state index contributed by atoms with van der Waals surface area (Å²) in [6, 6.07) is 22.3. The van der Waals surface area contributed by atoms with Gasteiger partial charge < -0.3 is 0 Å². The Kier molecular flexibility index (Phi) is 4.05. The summed E-state index contributed by atoms with van der Waals surface area (Å²) in [7, 11) is 0. The van der Waals surface area contributed by atoms with E-state index in [1.807, 2.05) is 48.8 Å². The van der Waals surface area contributed by atoms with Gasteiger partial charge in [0.1, 0.15) is 0 Å². The van der Waals surface area contributed by atoms with Gasteiger partial charge in [-0.25, -0.2) is 0 Å². The molecule has 0 saturated heterocycles. The van der Waals surface area contributed by atoms with Crippen molar-refractivity contribution in [2.75, 3.05) is 0 Å². The van der Waals surface area contributed by atoms with Crippen LogP contribution in [-0.4, -0.2) is 15.0 Å². The Labute approximate surface area is 147 Å². The van der Waals surface area contributed by atoms with E-state index in [-0.39, 0.29) is 0 Å². The lowest BCUT2D eigenvalue weighted by Gasteiger charge is -2.11. The lowest BCUT2D eigenvalue weighted by Crippen LogP contribution is -1.94. The summed E-state index contributed by atoms with van der Waals surface area (Å²) in [5.41, 5.74) is 7.18. The van der Waals surface area contributed by atoms with Crippen LogP contribution in [0.1, 0.15) is 5.56 Å². The van der Waals surface area contributed by atoms with Crippen molar-refractivity contribution in [1.82, 2.24) is 15.0 Å². The molecule has 120 valence electrons. The number of benzene rings is 1. The molecule has 0 bridgehead atoms. The van der Waals surface area contributed by atoms with Crippen molar-refractivity contribution in [2.24, 2.45) is 0 Å². The lowest BCUT2D eigenvalue weighted by molar-refractivity contribution is 1.24. The van der Waals surface area contributed by atoms with E-state index in [0.717, 1.165) is 28.2 Å². The third-order valence-corrected chi connectivity index (χ3v) is 4.21. The first-order valence-electron chi connectivity index (χ1n) is 8.22. The minimum absolute atomic E-state index is 0.849. The first-order valence-corrected chi connectivity index (χ1v) is 8.22. The van der Waals surface area contributed by atoms with Crippen LogP contribution in [0.25, 0.3) is 33.8 Å². The second-order valence-electron chi connectivity index (χ2n) is 5.86. The molecule has 4 rings (SSSR count). The van der Waals surface area contributed by atoms with E-state index in [4.69, 9.17) is 0 Å². The zero-order chi connectivity index (χ0) is 17.1. The van der Waals surface area contributed by atoms with Crippen LogP contribution in [0.3, 0.4) is 0 Å². The molecule has 0 saturated carbocycles. The summed E-state index contributed by atoms with van der Waals surface area (Å²) in [5.74, 6) is 0. The average molecular weight is 323 g/mol. The fourth-order valence-corrected chi connectivity index (χ4v) is 2.95. The number of nitrogens with zero attached hydrogens (tertiary/aromatic N) is 3. The maximum Gasteiger partial charge on any atom is 0.0964 e. The molecule has 0 unspecified atom stereocenters. The largest absolute Gasteiger partial charge is 0.256 e. The second kappa shape index (κ2) is 6.65. The van der Waals surface area contributed by atoms with E-state index in [0.29, 0.717) is 0 Å². The first-order chi connectivity index (χ1) is 12.3. The van der Waals surface area contributed by atoms with Crippen LogP contribution in [-0.2, 0) is 0 Å². The lowest BCUT2D eigenvalue weighted by atomic mass is 9.97. The molecule has 0 radical (unpaired) electrons. The summed E-state index contributed by atoms with van der Waals surface area (Å²) >= 11 is 0. The molecule has 0 atom stereocenters. The Bertz CT molecular complexity index is 1010. The topological polar surface area (TPSA) is 38.7 Å². The molecule has 1 aromatic carbocycles. The molecular formula is C22H17N3. The molecule has 3 aromatic heterocycles. The maximum atomic E-state index is 4.62. The average Bonchev–Trinajstić information content (AvgIpc) is 2.69. The van der Waals surface area contributed by atoms with Gasteiger partial charge in [-0.05, 0) is 48.4 Å². The number of pyridine rings is 3. The summed E-state index contributed by atoms with van der Waals surface area (Å²) in [4.78, 5) is 13.6.